The first kappa shape index (κ1) is 23.6. The fourth-order valence-electron chi connectivity index (χ4n) is 2.86. The smallest absolute Gasteiger partial charge is 0.234 e. The molecule has 32 heavy (non-hydrogen) atoms. The second kappa shape index (κ2) is 11.0. The standard InChI is InChI=1S/C22H24ClN5O3S/c1-4-31-17-8-6-16(7-9-17)24-20(29)12-19-26-27-22(28(19)3)32-13-21(30)25-18-10-5-15(23)11-14(18)2/h5-11H,4,12-13H2,1-3H3,(H,24,29)(H,25,30). The Labute approximate surface area is 195 Å². The molecule has 3 rings (SSSR count). The molecule has 0 saturated carbocycles. The number of halogens is 1. The maximum atomic E-state index is 12.4. The molecule has 0 radical (unpaired) electrons. The van der Waals surface area contributed by atoms with Crippen LogP contribution in [0.2, 0.25) is 5.02 Å². The molecular formula is C22H24ClN5O3S. The second-order valence-electron chi connectivity index (χ2n) is 6.94. The predicted molar refractivity (Wildman–Crippen MR) is 126 cm³/mol. The van der Waals surface area contributed by atoms with Crippen molar-refractivity contribution in [3.8, 4) is 5.75 Å². The minimum atomic E-state index is -0.211. The maximum absolute atomic E-state index is 12.4. The van der Waals surface area contributed by atoms with Crippen molar-refractivity contribution in [2.24, 2.45) is 7.05 Å². The van der Waals surface area contributed by atoms with Crippen LogP contribution in [0.1, 0.15) is 18.3 Å². The Morgan fingerprint density at radius 2 is 1.84 bits per heavy atom. The van der Waals surface area contributed by atoms with Gasteiger partial charge in [0.1, 0.15) is 11.6 Å². The van der Waals surface area contributed by atoms with E-state index < -0.39 is 0 Å². The zero-order valence-electron chi connectivity index (χ0n) is 18.0. The molecule has 2 amide bonds. The van der Waals surface area contributed by atoms with Crippen LogP contribution in [0, 0.1) is 6.92 Å². The normalized spacial score (nSPS) is 10.6. The fraction of sp³-hybridized carbons (Fsp3) is 0.273. The lowest BCUT2D eigenvalue weighted by Crippen LogP contribution is -2.17. The third-order valence-corrected chi connectivity index (χ3v) is 5.74. The first-order chi connectivity index (χ1) is 15.4. The summed E-state index contributed by atoms with van der Waals surface area (Å²) in [6.07, 6.45) is 0.0629. The van der Waals surface area contributed by atoms with E-state index in [9.17, 15) is 9.59 Å². The van der Waals surface area contributed by atoms with Crippen LogP contribution in [-0.2, 0) is 23.1 Å². The number of hydrogen-bond acceptors (Lipinski definition) is 6. The van der Waals surface area contributed by atoms with Crippen molar-refractivity contribution < 1.29 is 14.3 Å². The van der Waals surface area contributed by atoms with Crippen LogP contribution in [0.4, 0.5) is 11.4 Å². The molecule has 1 heterocycles. The van der Waals surface area contributed by atoms with Crippen LogP contribution in [0.5, 0.6) is 5.75 Å². The van der Waals surface area contributed by atoms with E-state index in [2.05, 4.69) is 20.8 Å². The summed E-state index contributed by atoms with van der Waals surface area (Å²) in [4.78, 5) is 24.7. The van der Waals surface area contributed by atoms with Gasteiger partial charge in [0.25, 0.3) is 0 Å². The number of ether oxygens (including phenoxy) is 1. The number of benzene rings is 2. The molecule has 2 N–H and O–H groups in total. The first-order valence-electron chi connectivity index (χ1n) is 9.95. The average molecular weight is 474 g/mol. The molecule has 0 bridgehead atoms. The van der Waals surface area contributed by atoms with Gasteiger partial charge in [-0.3, -0.25) is 9.59 Å². The Morgan fingerprint density at radius 3 is 2.53 bits per heavy atom. The number of thioether (sulfide) groups is 1. The van der Waals surface area contributed by atoms with Gasteiger partial charge in [0.05, 0.1) is 18.8 Å². The number of anilines is 2. The topological polar surface area (TPSA) is 98.1 Å². The molecule has 0 atom stereocenters. The van der Waals surface area contributed by atoms with E-state index in [1.54, 1.807) is 54.1 Å². The lowest BCUT2D eigenvalue weighted by atomic mass is 10.2. The summed E-state index contributed by atoms with van der Waals surface area (Å²) in [5.74, 6) is 1.03. The third-order valence-electron chi connectivity index (χ3n) is 4.49. The molecule has 0 saturated heterocycles. The lowest BCUT2D eigenvalue weighted by Gasteiger charge is -2.09. The summed E-state index contributed by atoms with van der Waals surface area (Å²) in [7, 11) is 1.77. The predicted octanol–water partition coefficient (Wildman–Crippen LogP) is 4.09. The van der Waals surface area contributed by atoms with Crippen LogP contribution in [-0.4, -0.2) is 38.9 Å². The molecule has 2 aromatic carbocycles. The monoisotopic (exact) mass is 473 g/mol. The van der Waals surface area contributed by atoms with Crippen molar-refractivity contribution in [1.82, 2.24) is 14.8 Å². The van der Waals surface area contributed by atoms with Gasteiger partial charge in [-0.05, 0) is 61.9 Å². The van der Waals surface area contributed by atoms with Crippen LogP contribution in [0.25, 0.3) is 0 Å². The second-order valence-corrected chi connectivity index (χ2v) is 8.32. The highest BCUT2D eigenvalue weighted by Gasteiger charge is 2.15. The van der Waals surface area contributed by atoms with E-state index >= 15 is 0 Å². The molecule has 10 heteroatoms. The SMILES string of the molecule is CCOc1ccc(NC(=O)Cc2nnc(SCC(=O)Nc3ccc(Cl)cc3C)n2C)cc1. The summed E-state index contributed by atoms with van der Waals surface area (Å²) < 4.78 is 7.10. The van der Waals surface area contributed by atoms with Crippen molar-refractivity contribution in [2.75, 3.05) is 23.0 Å². The number of aryl methyl sites for hydroxylation is 1. The van der Waals surface area contributed by atoms with Gasteiger partial charge in [-0.25, -0.2) is 0 Å². The first-order valence-corrected chi connectivity index (χ1v) is 11.3. The van der Waals surface area contributed by atoms with Crippen LogP contribution in [0.15, 0.2) is 47.6 Å². The molecule has 3 aromatic rings. The highest BCUT2D eigenvalue weighted by atomic mass is 35.5. The van der Waals surface area contributed by atoms with Crippen molar-refractivity contribution in [1.29, 1.82) is 0 Å². The van der Waals surface area contributed by atoms with Crippen molar-refractivity contribution in [3.63, 3.8) is 0 Å². The Hall–Kier alpha value is -3.04. The van der Waals surface area contributed by atoms with E-state index in [4.69, 9.17) is 16.3 Å². The molecule has 0 spiro atoms. The van der Waals surface area contributed by atoms with Gasteiger partial charge in [-0.1, -0.05) is 23.4 Å². The van der Waals surface area contributed by atoms with E-state index in [1.165, 1.54) is 11.8 Å². The van der Waals surface area contributed by atoms with E-state index in [0.29, 0.717) is 34.0 Å². The summed E-state index contributed by atoms with van der Waals surface area (Å²) >= 11 is 7.19. The Bertz CT molecular complexity index is 1100. The number of nitrogens with one attached hydrogen (secondary N) is 2. The van der Waals surface area contributed by atoms with Crippen LogP contribution < -0.4 is 15.4 Å². The quantitative estimate of drug-likeness (QED) is 0.454. The van der Waals surface area contributed by atoms with Gasteiger partial charge in [-0.2, -0.15) is 0 Å². The fourth-order valence-corrected chi connectivity index (χ4v) is 3.81. The Kier molecular flexibility index (Phi) is 8.13. The largest absolute Gasteiger partial charge is 0.494 e. The van der Waals surface area contributed by atoms with Gasteiger partial charge in [0, 0.05) is 23.4 Å². The van der Waals surface area contributed by atoms with Crippen molar-refractivity contribution in [2.45, 2.75) is 25.4 Å². The number of carbonyl (C=O) groups is 2. The zero-order valence-corrected chi connectivity index (χ0v) is 19.6. The highest BCUT2D eigenvalue weighted by molar-refractivity contribution is 7.99. The Balaban J connectivity index is 1.52. The summed E-state index contributed by atoms with van der Waals surface area (Å²) in [6.45, 7) is 4.37. The van der Waals surface area contributed by atoms with Gasteiger partial charge < -0.3 is 19.9 Å². The van der Waals surface area contributed by atoms with E-state index in [-0.39, 0.29) is 24.0 Å². The van der Waals surface area contributed by atoms with E-state index in [1.807, 2.05) is 13.8 Å². The minimum Gasteiger partial charge on any atom is -0.494 e. The zero-order chi connectivity index (χ0) is 23.1. The van der Waals surface area contributed by atoms with Gasteiger partial charge in [0.15, 0.2) is 5.16 Å². The number of amides is 2. The van der Waals surface area contributed by atoms with Crippen molar-refractivity contribution in [3.05, 3.63) is 58.9 Å². The molecule has 0 unspecified atom stereocenters. The Morgan fingerprint density at radius 1 is 1.09 bits per heavy atom. The number of rotatable bonds is 9. The molecule has 8 nitrogen and oxygen atoms in total. The number of hydrogen-bond donors (Lipinski definition) is 2. The molecule has 0 fully saturated rings. The summed E-state index contributed by atoms with van der Waals surface area (Å²) in [6, 6.07) is 12.4. The molecule has 168 valence electrons. The summed E-state index contributed by atoms with van der Waals surface area (Å²) in [5, 5.41) is 15.0. The lowest BCUT2D eigenvalue weighted by molar-refractivity contribution is -0.116. The molecule has 0 aliphatic rings. The molecular weight excluding hydrogens is 450 g/mol. The summed E-state index contributed by atoms with van der Waals surface area (Å²) in [5.41, 5.74) is 2.27. The van der Waals surface area contributed by atoms with E-state index in [0.717, 1.165) is 11.3 Å². The number of carbonyl (C=O) groups excluding carboxylic acids is 2. The molecule has 1 aromatic heterocycles. The minimum absolute atomic E-state index is 0.0629. The maximum Gasteiger partial charge on any atom is 0.234 e. The van der Waals surface area contributed by atoms with Crippen LogP contribution in [0.3, 0.4) is 0 Å². The molecule has 0 aliphatic carbocycles. The van der Waals surface area contributed by atoms with Gasteiger partial charge in [0.2, 0.25) is 11.8 Å². The van der Waals surface area contributed by atoms with Gasteiger partial charge >= 0.3 is 0 Å². The average Bonchev–Trinajstić information content (AvgIpc) is 3.09. The third kappa shape index (κ3) is 6.48. The number of aromatic nitrogens is 3. The van der Waals surface area contributed by atoms with Crippen LogP contribution >= 0.6 is 23.4 Å². The highest BCUT2D eigenvalue weighted by Crippen LogP contribution is 2.21. The number of nitrogens with zero attached hydrogens (tertiary/aromatic N) is 3. The van der Waals surface area contributed by atoms with Crippen molar-refractivity contribution >= 4 is 46.6 Å². The van der Waals surface area contributed by atoms with Gasteiger partial charge in [-0.15, -0.1) is 10.2 Å². The molecule has 0 aliphatic heterocycles.